The summed E-state index contributed by atoms with van der Waals surface area (Å²) in [4.78, 5) is 1.45. The average molecular weight is 250 g/mol. The van der Waals surface area contributed by atoms with Gasteiger partial charge in [-0.25, -0.2) is 0 Å². The first-order chi connectivity index (χ1) is 8.27. The molecule has 1 aromatic rings. The number of hydrogen-bond donors (Lipinski definition) is 2. The summed E-state index contributed by atoms with van der Waals surface area (Å²) in [5.74, 6) is 1.23. The molecule has 2 rings (SSSR count). The highest BCUT2D eigenvalue weighted by Gasteiger charge is 2.19. The minimum absolute atomic E-state index is 0.543. The highest BCUT2D eigenvalue weighted by molar-refractivity contribution is 7.99. The first-order valence-electron chi connectivity index (χ1n) is 6.46. The van der Waals surface area contributed by atoms with Crippen LogP contribution in [0.15, 0.2) is 29.2 Å². The topological polar surface area (TPSA) is 24.1 Å². The van der Waals surface area contributed by atoms with Crippen LogP contribution in [0.25, 0.3) is 0 Å². The van der Waals surface area contributed by atoms with E-state index in [2.05, 4.69) is 48.7 Å². The van der Waals surface area contributed by atoms with Crippen molar-refractivity contribution in [3.8, 4) is 0 Å². The smallest absolute Gasteiger partial charge is 0.0339 e. The molecule has 1 aliphatic heterocycles. The van der Waals surface area contributed by atoms with E-state index in [1.165, 1.54) is 22.6 Å². The molecule has 17 heavy (non-hydrogen) atoms. The van der Waals surface area contributed by atoms with E-state index in [1.807, 2.05) is 11.8 Å². The van der Waals surface area contributed by atoms with Crippen LogP contribution in [0.4, 0.5) is 0 Å². The molecule has 0 saturated heterocycles. The maximum absolute atomic E-state index is 3.66. The lowest BCUT2D eigenvalue weighted by molar-refractivity contribution is 0.483. The van der Waals surface area contributed by atoms with Crippen molar-refractivity contribution in [1.82, 2.24) is 10.6 Å². The first kappa shape index (κ1) is 12.9. The highest BCUT2D eigenvalue weighted by Crippen LogP contribution is 2.35. The fourth-order valence-corrected chi connectivity index (χ4v) is 3.29. The van der Waals surface area contributed by atoms with Crippen LogP contribution in [-0.2, 0) is 0 Å². The lowest BCUT2D eigenvalue weighted by Crippen LogP contribution is -2.34. The van der Waals surface area contributed by atoms with Gasteiger partial charge in [0, 0.05) is 30.1 Å². The third-order valence-corrected chi connectivity index (χ3v) is 4.15. The molecule has 0 aromatic heterocycles. The summed E-state index contributed by atoms with van der Waals surface area (Å²) in [5.41, 5.74) is 1.48. The van der Waals surface area contributed by atoms with Gasteiger partial charge in [0.15, 0.2) is 0 Å². The van der Waals surface area contributed by atoms with Crippen LogP contribution < -0.4 is 10.6 Å². The Morgan fingerprint density at radius 3 is 2.94 bits per heavy atom. The fraction of sp³-hybridized carbons (Fsp3) is 0.571. The van der Waals surface area contributed by atoms with Crippen molar-refractivity contribution in [3.05, 3.63) is 29.8 Å². The normalized spacial score (nSPS) is 19.4. The van der Waals surface area contributed by atoms with Crippen molar-refractivity contribution in [2.75, 3.05) is 18.8 Å². The Hall–Kier alpha value is -0.510. The molecule has 1 heterocycles. The second-order valence-electron chi connectivity index (χ2n) is 4.79. The van der Waals surface area contributed by atoms with Crippen molar-refractivity contribution in [1.29, 1.82) is 0 Å². The second-order valence-corrected chi connectivity index (χ2v) is 5.93. The van der Waals surface area contributed by atoms with Crippen molar-refractivity contribution < 1.29 is 0 Å². The Labute approximate surface area is 109 Å². The third kappa shape index (κ3) is 3.73. The maximum atomic E-state index is 3.66. The zero-order valence-electron chi connectivity index (χ0n) is 10.7. The first-order valence-corrected chi connectivity index (χ1v) is 7.44. The predicted molar refractivity (Wildman–Crippen MR) is 75.7 cm³/mol. The summed E-state index contributed by atoms with van der Waals surface area (Å²) < 4.78 is 0. The molecule has 1 unspecified atom stereocenters. The standard InChI is InChI=1S/C14H22N2S/c1-11(2)15-8-9-16-13-7-10-17-14-6-4-3-5-12(13)14/h3-6,11,13,15-16H,7-10H2,1-2H3. The molecule has 0 bridgehead atoms. The van der Waals surface area contributed by atoms with Crippen LogP contribution in [0.2, 0.25) is 0 Å². The van der Waals surface area contributed by atoms with E-state index in [0.29, 0.717) is 12.1 Å². The van der Waals surface area contributed by atoms with Crippen LogP contribution >= 0.6 is 11.8 Å². The van der Waals surface area contributed by atoms with Gasteiger partial charge in [0.05, 0.1) is 0 Å². The highest BCUT2D eigenvalue weighted by atomic mass is 32.2. The minimum Gasteiger partial charge on any atom is -0.313 e. The molecule has 94 valence electrons. The van der Waals surface area contributed by atoms with Gasteiger partial charge in [0.25, 0.3) is 0 Å². The molecule has 0 spiro atoms. The summed E-state index contributed by atoms with van der Waals surface area (Å²) >= 11 is 1.98. The van der Waals surface area contributed by atoms with Gasteiger partial charge in [-0.15, -0.1) is 11.8 Å². The van der Waals surface area contributed by atoms with Crippen molar-refractivity contribution in [2.45, 2.75) is 37.2 Å². The van der Waals surface area contributed by atoms with Crippen molar-refractivity contribution in [3.63, 3.8) is 0 Å². The molecule has 3 heteroatoms. The fourth-order valence-electron chi connectivity index (χ4n) is 2.16. The van der Waals surface area contributed by atoms with Crippen LogP contribution in [0, 0.1) is 0 Å². The summed E-state index contributed by atoms with van der Waals surface area (Å²) in [7, 11) is 0. The SMILES string of the molecule is CC(C)NCCNC1CCSc2ccccc21. The van der Waals surface area contributed by atoms with Gasteiger partial charge >= 0.3 is 0 Å². The van der Waals surface area contributed by atoms with E-state index in [4.69, 9.17) is 0 Å². The average Bonchev–Trinajstić information content (AvgIpc) is 2.34. The summed E-state index contributed by atoms with van der Waals surface area (Å²) in [6.45, 7) is 6.46. The molecular weight excluding hydrogens is 228 g/mol. The van der Waals surface area contributed by atoms with E-state index < -0.39 is 0 Å². The molecule has 0 radical (unpaired) electrons. The van der Waals surface area contributed by atoms with Gasteiger partial charge in [0.1, 0.15) is 0 Å². The van der Waals surface area contributed by atoms with Gasteiger partial charge in [-0.3, -0.25) is 0 Å². The lowest BCUT2D eigenvalue weighted by Gasteiger charge is -2.26. The summed E-state index contributed by atoms with van der Waals surface area (Å²) in [6.07, 6.45) is 1.24. The van der Waals surface area contributed by atoms with Crippen LogP contribution in [-0.4, -0.2) is 24.9 Å². The van der Waals surface area contributed by atoms with E-state index in [0.717, 1.165) is 13.1 Å². The van der Waals surface area contributed by atoms with E-state index in [9.17, 15) is 0 Å². The molecule has 0 saturated carbocycles. The molecule has 1 aliphatic rings. The van der Waals surface area contributed by atoms with E-state index in [1.54, 1.807) is 0 Å². The number of thioether (sulfide) groups is 1. The number of benzene rings is 1. The molecule has 2 N–H and O–H groups in total. The molecular formula is C14H22N2S. The Morgan fingerprint density at radius 2 is 2.12 bits per heavy atom. The Kier molecular flexibility index (Phi) is 4.89. The van der Waals surface area contributed by atoms with E-state index >= 15 is 0 Å². The van der Waals surface area contributed by atoms with Gasteiger partial charge < -0.3 is 10.6 Å². The predicted octanol–water partition coefficient (Wildman–Crippen LogP) is 2.81. The molecule has 2 nitrogen and oxygen atoms in total. The molecule has 0 fully saturated rings. The van der Waals surface area contributed by atoms with Crippen molar-refractivity contribution in [2.24, 2.45) is 0 Å². The number of hydrogen-bond acceptors (Lipinski definition) is 3. The Balaban J connectivity index is 1.86. The van der Waals surface area contributed by atoms with Crippen molar-refractivity contribution >= 4 is 11.8 Å². The lowest BCUT2D eigenvalue weighted by atomic mass is 10.0. The summed E-state index contributed by atoms with van der Waals surface area (Å²) in [5, 5.41) is 7.10. The van der Waals surface area contributed by atoms with Gasteiger partial charge in [-0.2, -0.15) is 0 Å². The van der Waals surface area contributed by atoms with Gasteiger partial charge in [0.2, 0.25) is 0 Å². The number of rotatable bonds is 5. The zero-order chi connectivity index (χ0) is 12.1. The number of fused-ring (bicyclic) bond motifs is 1. The van der Waals surface area contributed by atoms with Crippen LogP contribution in [0.3, 0.4) is 0 Å². The molecule has 0 amide bonds. The van der Waals surface area contributed by atoms with Crippen LogP contribution in [0.1, 0.15) is 31.9 Å². The Bertz CT molecular complexity index is 352. The maximum Gasteiger partial charge on any atom is 0.0339 e. The van der Waals surface area contributed by atoms with E-state index in [-0.39, 0.29) is 0 Å². The van der Waals surface area contributed by atoms with Gasteiger partial charge in [-0.05, 0) is 23.8 Å². The molecule has 1 atom stereocenters. The quantitative estimate of drug-likeness (QED) is 0.786. The monoisotopic (exact) mass is 250 g/mol. The second kappa shape index (κ2) is 6.43. The summed E-state index contributed by atoms with van der Waals surface area (Å²) in [6, 6.07) is 9.89. The minimum atomic E-state index is 0.543. The van der Waals surface area contributed by atoms with Gasteiger partial charge in [-0.1, -0.05) is 32.0 Å². The van der Waals surface area contributed by atoms with Crippen LogP contribution in [0.5, 0.6) is 0 Å². The Morgan fingerprint density at radius 1 is 1.29 bits per heavy atom. The number of nitrogens with one attached hydrogen (secondary N) is 2. The zero-order valence-corrected chi connectivity index (χ0v) is 11.5. The largest absolute Gasteiger partial charge is 0.313 e. The third-order valence-electron chi connectivity index (χ3n) is 3.03. The molecule has 0 aliphatic carbocycles. The molecule has 1 aromatic carbocycles.